The van der Waals surface area contributed by atoms with Crippen molar-refractivity contribution in [2.24, 2.45) is 0 Å². The van der Waals surface area contributed by atoms with Gasteiger partial charge in [0, 0.05) is 20.2 Å². The molecule has 0 spiro atoms. The predicted molar refractivity (Wildman–Crippen MR) is 71.1 cm³/mol. The largest absolute Gasteiger partial charge is 0.480 e. The quantitative estimate of drug-likeness (QED) is 0.767. The molecular weight excluding hydrogens is 248 g/mol. The summed E-state index contributed by atoms with van der Waals surface area (Å²) in [7, 11) is 1.67. The van der Waals surface area contributed by atoms with E-state index in [1.807, 2.05) is 6.92 Å². The molecule has 2 N–H and O–H groups in total. The fourth-order valence-electron chi connectivity index (χ4n) is 2.20. The van der Waals surface area contributed by atoms with Gasteiger partial charge in [0.05, 0.1) is 6.10 Å². The predicted octanol–water partition coefficient (Wildman–Crippen LogP) is 1.45. The Morgan fingerprint density at radius 3 is 2.53 bits per heavy atom. The maximum absolute atomic E-state index is 12.0. The van der Waals surface area contributed by atoms with E-state index in [9.17, 15) is 9.59 Å². The summed E-state index contributed by atoms with van der Waals surface area (Å²) in [4.78, 5) is 24.7. The summed E-state index contributed by atoms with van der Waals surface area (Å²) in [6.45, 7) is 3.23. The summed E-state index contributed by atoms with van der Waals surface area (Å²) >= 11 is 0. The van der Waals surface area contributed by atoms with Crippen molar-refractivity contribution in [3.63, 3.8) is 0 Å². The number of carboxylic acid groups (broad SMARTS) is 1. The van der Waals surface area contributed by atoms with Crippen LogP contribution in [0.25, 0.3) is 0 Å². The number of carbonyl (C=O) groups excluding carboxylic acids is 1. The number of ether oxygens (including phenoxy) is 1. The van der Waals surface area contributed by atoms with Crippen molar-refractivity contribution in [3.8, 4) is 0 Å². The number of rotatable bonds is 6. The minimum absolute atomic E-state index is 0.208. The number of carbonyl (C=O) groups is 2. The van der Waals surface area contributed by atoms with Crippen LogP contribution in [0.1, 0.15) is 39.0 Å². The van der Waals surface area contributed by atoms with Crippen LogP contribution in [-0.4, -0.2) is 54.4 Å². The first kappa shape index (κ1) is 15.8. The highest BCUT2D eigenvalue weighted by atomic mass is 16.5. The average Bonchev–Trinajstić information content (AvgIpc) is 2.43. The molecule has 0 aliphatic carbocycles. The van der Waals surface area contributed by atoms with Gasteiger partial charge in [-0.1, -0.05) is 19.8 Å². The van der Waals surface area contributed by atoms with Crippen molar-refractivity contribution in [3.05, 3.63) is 0 Å². The molecule has 1 aliphatic heterocycles. The first-order valence-electron chi connectivity index (χ1n) is 6.89. The Labute approximate surface area is 114 Å². The number of nitrogens with zero attached hydrogens (tertiary/aromatic N) is 1. The lowest BCUT2D eigenvalue weighted by molar-refractivity contribution is -0.139. The van der Waals surface area contributed by atoms with Crippen LogP contribution < -0.4 is 5.32 Å². The molecule has 1 atom stereocenters. The van der Waals surface area contributed by atoms with E-state index in [4.69, 9.17) is 9.84 Å². The lowest BCUT2D eigenvalue weighted by atomic mass is 10.1. The lowest BCUT2D eigenvalue weighted by Gasteiger charge is -2.32. The molecule has 110 valence electrons. The van der Waals surface area contributed by atoms with E-state index in [1.54, 1.807) is 12.0 Å². The zero-order valence-corrected chi connectivity index (χ0v) is 11.7. The van der Waals surface area contributed by atoms with Gasteiger partial charge in [-0.25, -0.2) is 9.59 Å². The summed E-state index contributed by atoms with van der Waals surface area (Å²) in [5, 5.41) is 11.7. The van der Waals surface area contributed by atoms with Crippen molar-refractivity contribution < 1.29 is 19.4 Å². The minimum atomic E-state index is -0.964. The maximum atomic E-state index is 12.0. The lowest BCUT2D eigenvalue weighted by Crippen LogP contribution is -2.50. The third kappa shape index (κ3) is 5.06. The van der Waals surface area contributed by atoms with Gasteiger partial charge < -0.3 is 20.1 Å². The zero-order chi connectivity index (χ0) is 14.3. The van der Waals surface area contributed by atoms with Gasteiger partial charge in [-0.15, -0.1) is 0 Å². The molecule has 19 heavy (non-hydrogen) atoms. The van der Waals surface area contributed by atoms with Gasteiger partial charge in [0.1, 0.15) is 6.04 Å². The SMILES string of the molecule is CCCC[C@H](NC(=O)N1CCC(OC)CC1)C(=O)O. The zero-order valence-electron chi connectivity index (χ0n) is 11.7. The molecule has 1 saturated heterocycles. The van der Waals surface area contributed by atoms with Crippen LogP contribution in [0, 0.1) is 0 Å². The van der Waals surface area contributed by atoms with Crippen molar-refractivity contribution in [2.45, 2.75) is 51.2 Å². The molecule has 0 bridgehead atoms. The normalized spacial score (nSPS) is 18.1. The first-order valence-corrected chi connectivity index (χ1v) is 6.89. The molecule has 0 aromatic heterocycles. The van der Waals surface area contributed by atoms with Crippen LogP contribution in [0.15, 0.2) is 0 Å². The maximum Gasteiger partial charge on any atom is 0.326 e. The number of nitrogens with one attached hydrogen (secondary N) is 1. The number of urea groups is 1. The second-order valence-corrected chi connectivity index (χ2v) is 4.90. The van der Waals surface area contributed by atoms with Gasteiger partial charge in [0.25, 0.3) is 0 Å². The third-order valence-electron chi connectivity index (χ3n) is 3.50. The molecule has 6 nitrogen and oxygen atoms in total. The van der Waals surface area contributed by atoms with Crippen molar-refractivity contribution in [1.82, 2.24) is 10.2 Å². The van der Waals surface area contributed by atoms with E-state index in [1.165, 1.54) is 0 Å². The van der Waals surface area contributed by atoms with E-state index in [0.717, 1.165) is 25.7 Å². The van der Waals surface area contributed by atoms with Gasteiger partial charge in [-0.05, 0) is 19.3 Å². The van der Waals surface area contributed by atoms with E-state index in [0.29, 0.717) is 19.5 Å². The van der Waals surface area contributed by atoms with Crippen LogP contribution in [0.3, 0.4) is 0 Å². The summed E-state index contributed by atoms with van der Waals surface area (Å²) in [6, 6.07) is -1.06. The molecule has 1 aliphatic rings. The Kier molecular flexibility index (Phi) is 6.62. The molecule has 1 heterocycles. The number of hydrogen-bond donors (Lipinski definition) is 2. The number of likely N-dealkylation sites (tertiary alicyclic amines) is 1. The smallest absolute Gasteiger partial charge is 0.326 e. The van der Waals surface area contributed by atoms with Crippen LogP contribution in [0.5, 0.6) is 0 Å². The van der Waals surface area contributed by atoms with Gasteiger partial charge in [0.2, 0.25) is 0 Å². The fraction of sp³-hybridized carbons (Fsp3) is 0.846. The van der Waals surface area contributed by atoms with Crippen molar-refractivity contribution >= 4 is 12.0 Å². The molecule has 1 fully saturated rings. The topological polar surface area (TPSA) is 78.9 Å². The molecule has 0 radical (unpaired) electrons. The van der Waals surface area contributed by atoms with Gasteiger partial charge in [-0.3, -0.25) is 0 Å². The second kappa shape index (κ2) is 7.99. The molecule has 6 heteroatoms. The number of unbranched alkanes of at least 4 members (excludes halogenated alkanes) is 1. The Hall–Kier alpha value is -1.30. The van der Waals surface area contributed by atoms with Gasteiger partial charge in [-0.2, -0.15) is 0 Å². The molecule has 0 aromatic carbocycles. The number of methoxy groups -OCH3 is 1. The van der Waals surface area contributed by atoms with Crippen LogP contribution in [-0.2, 0) is 9.53 Å². The highest BCUT2D eigenvalue weighted by Crippen LogP contribution is 2.13. The minimum Gasteiger partial charge on any atom is -0.480 e. The van der Waals surface area contributed by atoms with Gasteiger partial charge >= 0.3 is 12.0 Å². The highest BCUT2D eigenvalue weighted by molar-refractivity contribution is 5.82. The van der Waals surface area contributed by atoms with E-state index < -0.39 is 12.0 Å². The number of amides is 2. The summed E-state index contributed by atoms with van der Waals surface area (Å²) in [5.41, 5.74) is 0. The molecule has 1 rings (SSSR count). The molecule has 0 saturated carbocycles. The van der Waals surface area contributed by atoms with E-state index >= 15 is 0 Å². The number of piperidine rings is 1. The third-order valence-corrected chi connectivity index (χ3v) is 3.50. The van der Waals surface area contributed by atoms with Crippen LogP contribution >= 0.6 is 0 Å². The Morgan fingerprint density at radius 1 is 1.42 bits per heavy atom. The summed E-state index contributed by atoms with van der Waals surface area (Å²) < 4.78 is 5.24. The Bertz CT molecular complexity index is 301. The summed E-state index contributed by atoms with van der Waals surface area (Å²) in [6.07, 6.45) is 4.00. The Morgan fingerprint density at radius 2 is 2.05 bits per heavy atom. The number of carboxylic acids is 1. The average molecular weight is 272 g/mol. The van der Waals surface area contributed by atoms with Crippen molar-refractivity contribution in [1.29, 1.82) is 0 Å². The monoisotopic (exact) mass is 272 g/mol. The van der Waals surface area contributed by atoms with Gasteiger partial charge in [0.15, 0.2) is 0 Å². The van der Waals surface area contributed by atoms with Crippen molar-refractivity contribution in [2.75, 3.05) is 20.2 Å². The second-order valence-electron chi connectivity index (χ2n) is 4.90. The van der Waals surface area contributed by atoms with E-state index in [-0.39, 0.29) is 12.1 Å². The standard InChI is InChI=1S/C13H24N2O4/c1-3-4-5-11(12(16)17)14-13(18)15-8-6-10(19-2)7-9-15/h10-11H,3-9H2,1-2H3,(H,14,18)(H,16,17)/t11-/m0/s1. The molecule has 0 unspecified atom stereocenters. The molecular formula is C13H24N2O4. The molecule has 2 amide bonds. The van der Waals surface area contributed by atoms with E-state index in [2.05, 4.69) is 5.32 Å². The van der Waals surface area contributed by atoms with Crippen LogP contribution in [0.4, 0.5) is 4.79 Å². The number of aliphatic carboxylic acids is 1. The first-order chi connectivity index (χ1) is 9.08. The number of hydrogen-bond acceptors (Lipinski definition) is 3. The fourth-order valence-corrected chi connectivity index (χ4v) is 2.20. The molecule has 0 aromatic rings. The summed E-state index contributed by atoms with van der Waals surface area (Å²) in [5.74, 6) is -0.964. The highest BCUT2D eigenvalue weighted by Gasteiger charge is 2.26. The Balaban J connectivity index is 2.42. The van der Waals surface area contributed by atoms with Crippen LogP contribution in [0.2, 0.25) is 0 Å².